The lowest BCUT2D eigenvalue weighted by Crippen LogP contribution is -2.23. The Morgan fingerprint density at radius 3 is 2.50 bits per heavy atom. The van der Waals surface area contributed by atoms with Crippen molar-refractivity contribution in [2.75, 3.05) is 26.9 Å². The van der Waals surface area contributed by atoms with Gasteiger partial charge < -0.3 is 9.47 Å². The number of carbonyl (C=O) groups excluding carboxylic acids is 1. The van der Waals surface area contributed by atoms with Gasteiger partial charge >= 0.3 is 5.97 Å². The number of ether oxygens (including phenoxy) is 2. The molecule has 7 heteroatoms. The Hall–Kier alpha value is -1.70. The zero-order valence-electron chi connectivity index (χ0n) is 11.2. The van der Waals surface area contributed by atoms with E-state index in [0.29, 0.717) is 6.61 Å². The Balaban J connectivity index is 2.73. The molecule has 0 atom stereocenters. The fourth-order valence-electron chi connectivity index (χ4n) is 1.32. The molecule has 0 aliphatic carbocycles. The Morgan fingerprint density at radius 2 is 1.95 bits per heavy atom. The second kappa shape index (κ2) is 7.78. The van der Waals surface area contributed by atoms with Crippen LogP contribution >= 0.6 is 0 Å². The van der Waals surface area contributed by atoms with Gasteiger partial charge in [-0.05, 0) is 24.3 Å². The molecule has 0 unspecified atom stereocenters. The maximum atomic E-state index is 11.8. The smallest absolute Gasteiger partial charge is 0.338 e. The van der Waals surface area contributed by atoms with Crippen molar-refractivity contribution in [3.05, 3.63) is 42.5 Å². The predicted molar refractivity (Wildman–Crippen MR) is 74.0 cm³/mol. The summed E-state index contributed by atoms with van der Waals surface area (Å²) in [5.41, 5.74) is 0.281. The number of hydrogen-bond acceptors (Lipinski definition) is 5. The number of esters is 1. The van der Waals surface area contributed by atoms with E-state index in [-0.39, 0.29) is 23.6 Å². The Morgan fingerprint density at radius 1 is 1.30 bits per heavy atom. The molecule has 0 bridgehead atoms. The third kappa shape index (κ3) is 4.76. The molecule has 1 N–H and O–H groups in total. The molecule has 0 amide bonds. The van der Waals surface area contributed by atoms with Gasteiger partial charge in [0, 0.05) is 13.7 Å². The summed E-state index contributed by atoms with van der Waals surface area (Å²) in [5, 5.41) is 0. The molecule has 1 rings (SSSR count). The quantitative estimate of drug-likeness (QED) is 0.439. The lowest BCUT2D eigenvalue weighted by atomic mass is 10.2. The van der Waals surface area contributed by atoms with Crippen LogP contribution in [-0.4, -0.2) is 41.3 Å². The van der Waals surface area contributed by atoms with Crippen molar-refractivity contribution in [3.63, 3.8) is 0 Å². The third-order valence-corrected chi connectivity index (χ3v) is 3.78. The van der Waals surface area contributed by atoms with Gasteiger partial charge in [-0.15, -0.1) is 6.58 Å². The highest BCUT2D eigenvalue weighted by Crippen LogP contribution is 2.11. The highest BCUT2D eigenvalue weighted by molar-refractivity contribution is 7.89. The molecular weight excluding hydrogens is 282 g/mol. The first-order valence-electron chi connectivity index (χ1n) is 5.88. The van der Waals surface area contributed by atoms with Crippen molar-refractivity contribution in [3.8, 4) is 0 Å². The van der Waals surface area contributed by atoms with Crippen molar-refractivity contribution < 1.29 is 22.7 Å². The van der Waals surface area contributed by atoms with E-state index >= 15 is 0 Å². The molecule has 0 aliphatic rings. The van der Waals surface area contributed by atoms with Crippen molar-refractivity contribution in [1.82, 2.24) is 4.72 Å². The number of hydrogen-bond donors (Lipinski definition) is 1. The molecule has 0 saturated heterocycles. The minimum atomic E-state index is -3.58. The maximum Gasteiger partial charge on any atom is 0.338 e. The summed E-state index contributed by atoms with van der Waals surface area (Å²) in [6.07, 6.45) is 1.44. The number of nitrogens with one attached hydrogen (secondary N) is 1. The van der Waals surface area contributed by atoms with E-state index in [4.69, 9.17) is 9.47 Å². The van der Waals surface area contributed by atoms with Gasteiger partial charge in [-0.3, -0.25) is 0 Å². The van der Waals surface area contributed by atoms with E-state index < -0.39 is 16.0 Å². The predicted octanol–water partition coefficient (Wildman–Crippen LogP) is 0.954. The fourth-order valence-corrected chi connectivity index (χ4v) is 2.32. The molecule has 0 spiro atoms. The van der Waals surface area contributed by atoms with Crippen LogP contribution in [0.5, 0.6) is 0 Å². The molecule has 0 saturated carbocycles. The van der Waals surface area contributed by atoms with Crippen LogP contribution in [0.1, 0.15) is 10.4 Å². The van der Waals surface area contributed by atoms with Crippen LogP contribution < -0.4 is 4.72 Å². The van der Waals surface area contributed by atoms with E-state index in [2.05, 4.69) is 11.3 Å². The first kappa shape index (κ1) is 16.4. The summed E-state index contributed by atoms with van der Waals surface area (Å²) in [6, 6.07) is 5.49. The van der Waals surface area contributed by atoms with Crippen molar-refractivity contribution in [2.24, 2.45) is 0 Å². The minimum absolute atomic E-state index is 0.0767. The Bertz CT molecular complexity index is 551. The summed E-state index contributed by atoms with van der Waals surface area (Å²) in [4.78, 5) is 11.7. The average Bonchev–Trinajstić information content (AvgIpc) is 2.45. The van der Waals surface area contributed by atoms with E-state index in [1.165, 1.54) is 37.5 Å². The van der Waals surface area contributed by atoms with Gasteiger partial charge in [-0.25, -0.2) is 17.9 Å². The van der Waals surface area contributed by atoms with E-state index in [1.807, 2.05) is 0 Å². The molecule has 1 aromatic carbocycles. The minimum Gasteiger partial charge on any atom is -0.460 e. The highest BCUT2D eigenvalue weighted by atomic mass is 32.2. The van der Waals surface area contributed by atoms with Crippen LogP contribution in [0, 0.1) is 0 Å². The van der Waals surface area contributed by atoms with Gasteiger partial charge in [0.2, 0.25) is 10.0 Å². The number of sulfonamides is 1. The van der Waals surface area contributed by atoms with Gasteiger partial charge in [0.15, 0.2) is 0 Å². The molecule has 0 aliphatic heterocycles. The first-order valence-corrected chi connectivity index (χ1v) is 7.36. The summed E-state index contributed by atoms with van der Waals surface area (Å²) >= 11 is 0. The summed E-state index contributed by atoms with van der Waals surface area (Å²) in [5.74, 6) is -0.523. The van der Waals surface area contributed by atoms with Gasteiger partial charge in [0.1, 0.15) is 6.61 Å². The van der Waals surface area contributed by atoms with Crippen molar-refractivity contribution in [2.45, 2.75) is 4.90 Å². The van der Waals surface area contributed by atoms with Gasteiger partial charge in [0.05, 0.1) is 17.1 Å². The standard InChI is InChI=1S/C13H17NO5S/c1-3-8-14-20(16,17)12-6-4-11(5-7-12)13(15)19-10-9-18-2/h3-7,14H,1,8-10H2,2H3. The SMILES string of the molecule is C=CCNS(=O)(=O)c1ccc(C(=O)OCCOC)cc1. The molecular formula is C13H17NO5S. The summed E-state index contributed by atoms with van der Waals surface area (Å²) < 4.78 is 35.6. The lowest BCUT2D eigenvalue weighted by Gasteiger charge is -2.06. The van der Waals surface area contributed by atoms with Crippen molar-refractivity contribution in [1.29, 1.82) is 0 Å². The number of carbonyl (C=O) groups is 1. The van der Waals surface area contributed by atoms with Crippen molar-refractivity contribution >= 4 is 16.0 Å². The number of rotatable bonds is 8. The van der Waals surface area contributed by atoms with Gasteiger partial charge in [-0.1, -0.05) is 6.08 Å². The molecule has 0 fully saturated rings. The Kier molecular flexibility index (Phi) is 6.37. The molecule has 0 aromatic heterocycles. The van der Waals surface area contributed by atoms with Crippen LogP contribution in [-0.2, 0) is 19.5 Å². The van der Waals surface area contributed by atoms with E-state index in [1.54, 1.807) is 0 Å². The van der Waals surface area contributed by atoms with Crippen LogP contribution in [0.2, 0.25) is 0 Å². The zero-order valence-corrected chi connectivity index (χ0v) is 12.0. The Labute approximate surface area is 118 Å². The number of methoxy groups -OCH3 is 1. The molecule has 0 heterocycles. The van der Waals surface area contributed by atoms with Crippen LogP contribution in [0.4, 0.5) is 0 Å². The monoisotopic (exact) mass is 299 g/mol. The topological polar surface area (TPSA) is 81.7 Å². The van der Waals surface area contributed by atoms with Crippen LogP contribution in [0.15, 0.2) is 41.8 Å². The largest absolute Gasteiger partial charge is 0.460 e. The zero-order chi connectivity index (χ0) is 15.0. The molecule has 20 heavy (non-hydrogen) atoms. The molecule has 1 aromatic rings. The van der Waals surface area contributed by atoms with E-state index in [0.717, 1.165) is 0 Å². The fraction of sp³-hybridized carbons (Fsp3) is 0.308. The summed E-state index contributed by atoms with van der Waals surface area (Å²) in [7, 11) is -2.08. The number of benzene rings is 1. The average molecular weight is 299 g/mol. The van der Waals surface area contributed by atoms with Gasteiger partial charge in [-0.2, -0.15) is 0 Å². The normalized spacial score (nSPS) is 11.1. The summed E-state index contributed by atoms with van der Waals surface area (Å²) in [6.45, 7) is 4.03. The van der Waals surface area contributed by atoms with E-state index in [9.17, 15) is 13.2 Å². The second-order valence-electron chi connectivity index (χ2n) is 3.79. The highest BCUT2D eigenvalue weighted by Gasteiger charge is 2.14. The maximum absolute atomic E-state index is 11.8. The van der Waals surface area contributed by atoms with Gasteiger partial charge in [0.25, 0.3) is 0 Å². The van der Waals surface area contributed by atoms with Crippen LogP contribution in [0.3, 0.4) is 0 Å². The third-order valence-electron chi connectivity index (χ3n) is 2.34. The molecule has 110 valence electrons. The second-order valence-corrected chi connectivity index (χ2v) is 5.56. The first-order chi connectivity index (χ1) is 9.51. The lowest BCUT2D eigenvalue weighted by molar-refractivity contribution is 0.0388. The molecule has 6 nitrogen and oxygen atoms in total. The van der Waals surface area contributed by atoms with Crippen LogP contribution in [0.25, 0.3) is 0 Å². The molecule has 0 radical (unpaired) electrons.